The highest BCUT2D eigenvalue weighted by Crippen LogP contribution is 2.57. The van der Waals surface area contributed by atoms with Crippen LogP contribution in [0.4, 0.5) is 0 Å². The van der Waals surface area contributed by atoms with Crippen molar-refractivity contribution in [3.63, 3.8) is 0 Å². The van der Waals surface area contributed by atoms with E-state index in [1.54, 1.807) is 0 Å². The van der Waals surface area contributed by atoms with Gasteiger partial charge < -0.3 is 14.2 Å². The minimum atomic E-state index is -2.03. The molecule has 0 aromatic heterocycles. The maximum atomic E-state index is 6.83. The second-order valence-electron chi connectivity index (χ2n) is 10.5. The van der Waals surface area contributed by atoms with Crippen LogP contribution in [-0.4, -0.2) is 32.5 Å². The third-order valence-electron chi connectivity index (χ3n) is 7.99. The molecule has 4 atom stereocenters. The molecule has 34 heavy (non-hydrogen) atoms. The first-order valence-corrected chi connectivity index (χ1v) is 15.3. The van der Waals surface area contributed by atoms with Crippen LogP contribution in [0.15, 0.2) is 91.0 Å². The monoisotopic (exact) mass is 474 g/mol. The molecular weight excluding hydrogens is 436 g/mol. The molecule has 1 heterocycles. The fourth-order valence-electron chi connectivity index (χ4n) is 5.60. The summed E-state index contributed by atoms with van der Waals surface area (Å²) in [7, 11) is -2.03. The van der Waals surface area contributed by atoms with E-state index in [2.05, 4.69) is 101 Å². The fourth-order valence-corrected chi connectivity index (χ4v) is 9.36. The molecule has 0 spiro atoms. The van der Waals surface area contributed by atoms with Crippen LogP contribution in [0.25, 0.3) is 0 Å². The molecule has 0 radical (unpaired) electrons. The van der Waals surface area contributed by atoms with Gasteiger partial charge in [-0.05, 0) is 25.0 Å². The number of hydrogen-bond acceptors (Lipinski definition) is 3. The number of hydrogen-bond donors (Lipinski definition) is 0. The van der Waals surface area contributed by atoms with Gasteiger partial charge in [0.25, 0.3) is 0 Å². The van der Waals surface area contributed by atoms with E-state index in [9.17, 15) is 0 Å². The van der Waals surface area contributed by atoms with Gasteiger partial charge in [0.05, 0.1) is 40.1 Å². The van der Waals surface area contributed by atoms with E-state index >= 15 is 0 Å². The highest BCUT2D eigenvalue weighted by atomic mass is 28.3. The summed E-state index contributed by atoms with van der Waals surface area (Å²) < 4.78 is 19.9. The molecule has 180 valence electrons. The van der Waals surface area contributed by atoms with Crippen LogP contribution < -0.4 is 5.19 Å². The Bertz CT molecular complexity index is 1040. The van der Waals surface area contributed by atoms with Crippen LogP contribution in [0.5, 0.6) is 0 Å². The molecule has 1 aliphatic heterocycles. The molecule has 1 aliphatic rings. The molecule has 1 fully saturated rings. The Hall–Kier alpha value is -2.24. The molecule has 0 unspecified atom stereocenters. The zero-order valence-corrected chi connectivity index (χ0v) is 22.2. The molecule has 0 aliphatic carbocycles. The predicted molar refractivity (Wildman–Crippen MR) is 142 cm³/mol. The van der Waals surface area contributed by atoms with Gasteiger partial charge in [0.2, 0.25) is 0 Å². The lowest BCUT2D eigenvalue weighted by molar-refractivity contribution is -0.134. The Morgan fingerprint density at radius 2 is 1.26 bits per heavy atom. The van der Waals surface area contributed by atoms with Crippen molar-refractivity contribution in [1.82, 2.24) is 0 Å². The third-order valence-corrected chi connectivity index (χ3v) is 13.1. The van der Waals surface area contributed by atoms with Gasteiger partial charge in [0, 0.05) is 5.04 Å². The Kier molecular flexibility index (Phi) is 7.44. The van der Waals surface area contributed by atoms with E-state index in [1.165, 1.54) is 16.3 Å². The SMILES string of the molecule is C[C@H]1O[C@](C)(COCc2ccccc2)[C@@H](OCc2ccccc2)[C@]1(C)[Si](C)(C)c1ccccc1. The lowest BCUT2D eigenvalue weighted by atomic mass is 9.90. The molecule has 3 nitrogen and oxygen atoms in total. The second-order valence-corrected chi connectivity index (χ2v) is 15.4. The lowest BCUT2D eigenvalue weighted by Crippen LogP contribution is -2.60. The standard InChI is InChI=1S/C30H38O3Si/c1-24-30(3,34(4,5)27-19-13-8-14-20-27)28(32-22-26-17-11-7-12-18-26)29(2,33-24)23-31-21-25-15-9-6-10-16-25/h6-20,24,28H,21-23H2,1-5H3/t24-,28-,29-,30-/m1/s1. The van der Waals surface area contributed by atoms with Crippen LogP contribution in [-0.2, 0) is 27.4 Å². The molecule has 1 saturated heterocycles. The van der Waals surface area contributed by atoms with Crippen LogP contribution >= 0.6 is 0 Å². The van der Waals surface area contributed by atoms with E-state index in [0.717, 1.165) is 0 Å². The van der Waals surface area contributed by atoms with Crippen molar-refractivity contribution < 1.29 is 14.2 Å². The van der Waals surface area contributed by atoms with Gasteiger partial charge in [-0.2, -0.15) is 0 Å². The van der Waals surface area contributed by atoms with Crippen molar-refractivity contribution in [1.29, 1.82) is 0 Å². The smallest absolute Gasteiger partial charge is 0.115 e. The normalized spacial score (nSPS) is 27.1. The van der Waals surface area contributed by atoms with Crippen molar-refractivity contribution in [2.45, 2.75) is 69.9 Å². The molecule has 4 heteroatoms. The van der Waals surface area contributed by atoms with Crippen molar-refractivity contribution in [2.24, 2.45) is 0 Å². The average molecular weight is 475 g/mol. The van der Waals surface area contributed by atoms with Crippen molar-refractivity contribution in [3.05, 3.63) is 102 Å². The van der Waals surface area contributed by atoms with E-state index in [0.29, 0.717) is 19.8 Å². The van der Waals surface area contributed by atoms with Crippen molar-refractivity contribution in [2.75, 3.05) is 6.61 Å². The largest absolute Gasteiger partial charge is 0.374 e. The highest BCUT2D eigenvalue weighted by molar-refractivity contribution is 6.92. The van der Waals surface area contributed by atoms with Crippen molar-refractivity contribution >= 4 is 13.3 Å². The Morgan fingerprint density at radius 1 is 0.765 bits per heavy atom. The van der Waals surface area contributed by atoms with Gasteiger partial charge in [-0.3, -0.25) is 0 Å². The minimum absolute atomic E-state index is 0.0421. The average Bonchev–Trinajstić information content (AvgIpc) is 3.05. The van der Waals surface area contributed by atoms with Crippen molar-refractivity contribution in [3.8, 4) is 0 Å². The summed E-state index contributed by atoms with van der Waals surface area (Å²) in [5, 5.41) is 1.28. The molecule has 0 saturated carbocycles. The summed E-state index contributed by atoms with van der Waals surface area (Å²) in [6.45, 7) is 13.3. The number of ether oxygens (including phenoxy) is 3. The topological polar surface area (TPSA) is 27.7 Å². The molecule has 4 rings (SSSR count). The summed E-state index contributed by atoms with van der Waals surface area (Å²) in [5.41, 5.74) is 1.80. The van der Waals surface area contributed by atoms with Gasteiger partial charge in [0.1, 0.15) is 5.60 Å². The first-order chi connectivity index (χ1) is 16.3. The van der Waals surface area contributed by atoms with Crippen LogP contribution in [0.3, 0.4) is 0 Å². The maximum absolute atomic E-state index is 6.83. The summed E-state index contributed by atoms with van der Waals surface area (Å²) in [5.74, 6) is 0. The van der Waals surface area contributed by atoms with E-state index in [4.69, 9.17) is 14.2 Å². The highest BCUT2D eigenvalue weighted by Gasteiger charge is 2.65. The second kappa shape index (κ2) is 10.2. The van der Waals surface area contributed by atoms with E-state index < -0.39 is 13.7 Å². The molecule has 3 aromatic rings. The predicted octanol–water partition coefficient (Wildman–Crippen LogP) is 6.34. The van der Waals surface area contributed by atoms with Crippen LogP contribution in [0.2, 0.25) is 18.1 Å². The van der Waals surface area contributed by atoms with Gasteiger partial charge in [-0.25, -0.2) is 0 Å². The zero-order chi connectivity index (χ0) is 24.2. The Morgan fingerprint density at radius 3 is 1.82 bits per heavy atom. The fraction of sp³-hybridized carbons (Fsp3) is 0.400. The van der Waals surface area contributed by atoms with Gasteiger partial charge in [-0.1, -0.05) is 116 Å². The summed E-state index contributed by atoms with van der Waals surface area (Å²) in [6, 6.07) is 31.7. The molecule has 0 N–H and O–H groups in total. The van der Waals surface area contributed by atoms with Gasteiger partial charge in [0.15, 0.2) is 0 Å². The number of rotatable bonds is 9. The quantitative estimate of drug-likeness (QED) is 0.339. The maximum Gasteiger partial charge on any atom is 0.115 e. The Balaban J connectivity index is 1.63. The first-order valence-electron chi connectivity index (χ1n) is 12.3. The van der Waals surface area contributed by atoms with Crippen LogP contribution in [0, 0.1) is 0 Å². The van der Waals surface area contributed by atoms with Crippen LogP contribution in [0.1, 0.15) is 31.9 Å². The summed E-state index contributed by atoms with van der Waals surface area (Å²) in [4.78, 5) is 0. The third kappa shape index (κ3) is 4.78. The molecule has 0 bridgehead atoms. The van der Waals surface area contributed by atoms with Gasteiger partial charge >= 0.3 is 0 Å². The lowest BCUT2D eigenvalue weighted by Gasteiger charge is -2.47. The summed E-state index contributed by atoms with van der Waals surface area (Å²) in [6.07, 6.45) is -0.0617. The first kappa shape index (κ1) is 24.9. The summed E-state index contributed by atoms with van der Waals surface area (Å²) >= 11 is 0. The molecular formula is C30H38O3Si. The van der Waals surface area contributed by atoms with E-state index in [1.807, 2.05) is 24.3 Å². The molecule has 3 aromatic carbocycles. The number of benzene rings is 3. The Labute approximate surface area is 206 Å². The minimum Gasteiger partial charge on any atom is -0.374 e. The van der Waals surface area contributed by atoms with E-state index in [-0.39, 0.29) is 17.2 Å². The molecule has 0 amide bonds. The zero-order valence-electron chi connectivity index (χ0n) is 21.2. The van der Waals surface area contributed by atoms with Gasteiger partial charge in [-0.15, -0.1) is 0 Å².